The van der Waals surface area contributed by atoms with Crippen molar-refractivity contribution in [3.05, 3.63) is 59.2 Å². The van der Waals surface area contributed by atoms with Gasteiger partial charge in [-0.15, -0.1) is 0 Å². The summed E-state index contributed by atoms with van der Waals surface area (Å²) in [6.45, 7) is 17.2. The molecule has 0 fully saturated rings. The normalized spacial score (nSPS) is 13.2. The lowest BCUT2D eigenvalue weighted by molar-refractivity contribution is -0.139. The quantitative estimate of drug-likeness (QED) is 0.217. The summed E-state index contributed by atoms with van der Waals surface area (Å²) in [5.74, 6) is 1.29. The van der Waals surface area contributed by atoms with Gasteiger partial charge in [0.15, 0.2) is 0 Å². The highest BCUT2D eigenvalue weighted by molar-refractivity contribution is 5.75. The van der Waals surface area contributed by atoms with Crippen molar-refractivity contribution < 1.29 is 14.6 Å². The minimum Gasteiger partial charge on any atom is -0.507 e. The molecule has 0 aliphatic rings. The molecule has 0 saturated carbocycles. The van der Waals surface area contributed by atoms with Crippen molar-refractivity contribution in [3.8, 4) is 11.5 Å². The molecule has 0 saturated heterocycles. The zero-order valence-electron chi connectivity index (χ0n) is 22.7. The van der Waals surface area contributed by atoms with Crippen LogP contribution in [0, 0.1) is 11.8 Å². The second kappa shape index (κ2) is 11.9. The molecule has 0 aromatic heterocycles. The summed E-state index contributed by atoms with van der Waals surface area (Å²) in [5.41, 5.74) is 2.56. The zero-order valence-corrected chi connectivity index (χ0v) is 22.7. The number of phenols is 1. The summed E-state index contributed by atoms with van der Waals surface area (Å²) in [7, 11) is 0. The van der Waals surface area contributed by atoms with Crippen LogP contribution in [0.2, 0.25) is 0 Å². The van der Waals surface area contributed by atoms with E-state index >= 15 is 0 Å². The van der Waals surface area contributed by atoms with Crippen molar-refractivity contribution in [1.82, 2.24) is 0 Å². The average molecular weight is 467 g/mol. The first-order chi connectivity index (χ1) is 15.8. The lowest BCUT2D eigenvalue weighted by Crippen LogP contribution is -2.24. The summed E-state index contributed by atoms with van der Waals surface area (Å²) in [4.78, 5) is 13.2. The standard InChI is InChI=1S/C31H46O3/c1-22(2)15-11-9-12-16-24(29(33)34-25-17-13-10-14-18-25)19-23-20-26(30(3,4)5)28(32)27(21-23)31(6,7)8/h10,13-14,17-18,20-22,24,32H,9,11-12,15-16,19H2,1-8H3. The van der Waals surface area contributed by atoms with Gasteiger partial charge in [-0.25, -0.2) is 0 Å². The van der Waals surface area contributed by atoms with Gasteiger partial charge in [0.05, 0.1) is 5.92 Å². The minimum atomic E-state index is -0.218. The van der Waals surface area contributed by atoms with Crippen LogP contribution < -0.4 is 4.74 Å². The van der Waals surface area contributed by atoms with Crippen LogP contribution in [0.3, 0.4) is 0 Å². The Hall–Kier alpha value is -2.29. The molecule has 1 unspecified atom stereocenters. The number of rotatable bonds is 10. The molecule has 0 spiro atoms. The maximum absolute atomic E-state index is 13.2. The first-order valence-electron chi connectivity index (χ1n) is 12.9. The molecule has 0 bridgehead atoms. The number of benzene rings is 2. The fourth-order valence-corrected chi connectivity index (χ4v) is 4.35. The number of hydrogen-bond acceptors (Lipinski definition) is 3. The van der Waals surface area contributed by atoms with Crippen molar-refractivity contribution in [2.45, 2.75) is 105 Å². The molecule has 0 radical (unpaired) electrons. The van der Waals surface area contributed by atoms with Crippen molar-refractivity contribution in [3.63, 3.8) is 0 Å². The Bertz CT molecular complexity index is 879. The van der Waals surface area contributed by atoms with Crippen LogP contribution >= 0.6 is 0 Å². The van der Waals surface area contributed by atoms with Crippen LogP contribution in [0.1, 0.15) is 104 Å². The third-order valence-electron chi connectivity index (χ3n) is 6.40. The van der Waals surface area contributed by atoms with Crippen LogP contribution in [0.25, 0.3) is 0 Å². The molecule has 0 aliphatic carbocycles. The molecule has 1 N–H and O–H groups in total. The summed E-state index contributed by atoms with van der Waals surface area (Å²) in [5, 5.41) is 11.1. The highest BCUT2D eigenvalue weighted by Gasteiger charge is 2.28. The topological polar surface area (TPSA) is 46.5 Å². The van der Waals surface area contributed by atoms with Gasteiger partial charge >= 0.3 is 5.97 Å². The predicted molar refractivity (Wildman–Crippen MR) is 143 cm³/mol. The van der Waals surface area contributed by atoms with E-state index in [-0.39, 0.29) is 22.7 Å². The number of para-hydroxylation sites is 1. The van der Waals surface area contributed by atoms with Crippen LogP contribution in [0.15, 0.2) is 42.5 Å². The highest BCUT2D eigenvalue weighted by atomic mass is 16.5. The summed E-state index contributed by atoms with van der Waals surface area (Å²) >= 11 is 0. The molecular weight excluding hydrogens is 420 g/mol. The minimum absolute atomic E-state index is 0.169. The van der Waals surface area contributed by atoms with Crippen LogP contribution in [0.5, 0.6) is 11.5 Å². The van der Waals surface area contributed by atoms with Crippen molar-refractivity contribution in [2.75, 3.05) is 0 Å². The highest BCUT2D eigenvalue weighted by Crippen LogP contribution is 2.40. The largest absolute Gasteiger partial charge is 0.507 e. The Labute approximate surface area is 207 Å². The average Bonchev–Trinajstić information content (AvgIpc) is 2.72. The van der Waals surface area contributed by atoms with E-state index in [4.69, 9.17) is 4.74 Å². The van der Waals surface area contributed by atoms with E-state index in [0.717, 1.165) is 36.0 Å². The van der Waals surface area contributed by atoms with Crippen LogP contribution in [-0.2, 0) is 22.0 Å². The predicted octanol–water partition coefficient (Wildman–Crippen LogP) is 8.36. The zero-order chi connectivity index (χ0) is 25.5. The van der Waals surface area contributed by atoms with Gasteiger partial charge in [-0.1, -0.05) is 111 Å². The molecule has 0 amide bonds. The van der Waals surface area contributed by atoms with Gasteiger partial charge < -0.3 is 9.84 Å². The Morgan fingerprint density at radius 2 is 1.38 bits per heavy atom. The Kier molecular flexibility index (Phi) is 9.79. The molecule has 0 aliphatic heterocycles. The molecule has 2 aromatic carbocycles. The lowest BCUT2D eigenvalue weighted by atomic mass is 9.77. The molecule has 188 valence electrons. The van der Waals surface area contributed by atoms with E-state index < -0.39 is 0 Å². The fraction of sp³-hybridized carbons (Fsp3) is 0.581. The van der Waals surface area contributed by atoms with Gasteiger partial charge in [0.1, 0.15) is 11.5 Å². The second-order valence-electron chi connectivity index (χ2n) is 12.2. The van der Waals surface area contributed by atoms with Gasteiger partial charge in [0, 0.05) is 0 Å². The van der Waals surface area contributed by atoms with Gasteiger partial charge in [-0.2, -0.15) is 0 Å². The smallest absolute Gasteiger partial charge is 0.314 e. The number of unbranched alkanes of at least 4 members (excludes halogenated alkanes) is 2. The van der Waals surface area contributed by atoms with Gasteiger partial charge in [0.2, 0.25) is 0 Å². The SMILES string of the molecule is CC(C)CCCCCC(Cc1cc(C(C)(C)C)c(O)c(C(C)(C)C)c1)C(=O)Oc1ccccc1. The summed E-state index contributed by atoms with van der Waals surface area (Å²) in [6.07, 6.45) is 5.98. The molecule has 3 heteroatoms. The number of phenolic OH excluding ortho intramolecular Hbond substituents is 1. The number of carbonyl (C=O) groups is 1. The first kappa shape index (κ1) is 28.0. The fourth-order valence-electron chi connectivity index (χ4n) is 4.35. The molecular formula is C31H46O3. The van der Waals surface area contributed by atoms with E-state index in [2.05, 4.69) is 67.5 Å². The summed E-state index contributed by atoms with van der Waals surface area (Å²) in [6, 6.07) is 13.5. The van der Waals surface area contributed by atoms with Gasteiger partial charge in [-0.05, 0) is 58.4 Å². The van der Waals surface area contributed by atoms with Crippen molar-refractivity contribution >= 4 is 5.97 Å². The van der Waals surface area contributed by atoms with E-state index in [1.807, 2.05) is 30.3 Å². The molecule has 2 rings (SSSR count). The molecule has 0 heterocycles. The number of aromatic hydroxyl groups is 1. The number of ether oxygens (including phenoxy) is 1. The van der Waals surface area contributed by atoms with Gasteiger partial charge in [0.25, 0.3) is 0 Å². The Morgan fingerprint density at radius 1 is 0.853 bits per heavy atom. The molecule has 34 heavy (non-hydrogen) atoms. The third kappa shape index (κ3) is 8.49. The molecule has 3 nitrogen and oxygen atoms in total. The van der Waals surface area contributed by atoms with E-state index in [9.17, 15) is 9.90 Å². The summed E-state index contributed by atoms with van der Waals surface area (Å²) < 4.78 is 5.77. The van der Waals surface area contributed by atoms with E-state index in [1.165, 1.54) is 12.8 Å². The van der Waals surface area contributed by atoms with E-state index in [1.54, 1.807) is 0 Å². The molecule has 1 atom stereocenters. The number of carbonyl (C=O) groups excluding carboxylic acids is 1. The Balaban J connectivity index is 2.31. The van der Waals surface area contributed by atoms with E-state index in [0.29, 0.717) is 23.8 Å². The van der Waals surface area contributed by atoms with Gasteiger partial charge in [-0.3, -0.25) is 4.79 Å². The maximum Gasteiger partial charge on any atom is 0.314 e. The second-order valence-corrected chi connectivity index (χ2v) is 12.2. The van der Waals surface area contributed by atoms with Crippen LogP contribution in [-0.4, -0.2) is 11.1 Å². The molecule has 2 aromatic rings. The first-order valence-corrected chi connectivity index (χ1v) is 12.9. The number of esters is 1. The van der Waals surface area contributed by atoms with Crippen molar-refractivity contribution in [2.24, 2.45) is 11.8 Å². The lowest BCUT2D eigenvalue weighted by Gasteiger charge is -2.29. The Morgan fingerprint density at radius 3 is 1.88 bits per heavy atom. The van der Waals surface area contributed by atoms with Crippen LogP contribution in [0.4, 0.5) is 0 Å². The maximum atomic E-state index is 13.2. The monoisotopic (exact) mass is 466 g/mol. The third-order valence-corrected chi connectivity index (χ3v) is 6.40. The number of hydrogen-bond donors (Lipinski definition) is 1. The van der Waals surface area contributed by atoms with Crippen molar-refractivity contribution in [1.29, 1.82) is 0 Å².